The number of rotatable bonds is 6. The first kappa shape index (κ1) is 17.9. The van der Waals surface area contributed by atoms with Crippen molar-refractivity contribution in [3.63, 3.8) is 0 Å². The molecule has 0 bridgehead atoms. The molecule has 1 aromatic carbocycles. The fourth-order valence-corrected chi connectivity index (χ4v) is 1.69. The van der Waals surface area contributed by atoms with E-state index < -0.39 is 48.6 Å². The van der Waals surface area contributed by atoms with Crippen LogP contribution in [0.15, 0.2) is 18.2 Å². The minimum Gasteiger partial charge on any atom is -0.480 e. The van der Waals surface area contributed by atoms with E-state index in [0.29, 0.717) is 0 Å². The molecular formula is C13H12F5NO3. The molecule has 4 nitrogen and oxygen atoms in total. The molecule has 0 fully saturated rings. The van der Waals surface area contributed by atoms with Crippen LogP contribution in [-0.4, -0.2) is 29.2 Å². The van der Waals surface area contributed by atoms with E-state index in [1.165, 1.54) is 12.1 Å². The van der Waals surface area contributed by atoms with E-state index in [1.54, 1.807) is 5.32 Å². The first-order chi connectivity index (χ1) is 10.1. The molecular weight excluding hydrogens is 313 g/mol. The molecule has 1 rings (SSSR count). The van der Waals surface area contributed by atoms with Crippen LogP contribution in [0.1, 0.15) is 18.4 Å². The minimum absolute atomic E-state index is 0.127. The molecule has 0 aliphatic heterocycles. The van der Waals surface area contributed by atoms with Crippen LogP contribution in [-0.2, 0) is 16.0 Å². The molecule has 9 heteroatoms. The number of halogens is 5. The predicted octanol–water partition coefficient (Wildman–Crippen LogP) is 2.42. The zero-order chi connectivity index (χ0) is 16.9. The number of carbonyl (C=O) groups is 2. The fourth-order valence-electron chi connectivity index (χ4n) is 1.69. The Hall–Kier alpha value is -2.19. The van der Waals surface area contributed by atoms with E-state index in [4.69, 9.17) is 5.11 Å². The van der Waals surface area contributed by atoms with Gasteiger partial charge in [-0.1, -0.05) is 12.1 Å². The highest BCUT2D eigenvalue weighted by Crippen LogP contribution is 2.21. The zero-order valence-corrected chi connectivity index (χ0v) is 11.1. The second-order valence-corrected chi connectivity index (χ2v) is 4.49. The molecule has 0 aromatic heterocycles. The van der Waals surface area contributed by atoms with Gasteiger partial charge in [0, 0.05) is 6.42 Å². The van der Waals surface area contributed by atoms with Gasteiger partial charge >= 0.3 is 12.1 Å². The van der Waals surface area contributed by atoms with Crippen molar-refractivity contribution in [3.8, 4) is 0 Å². The van der Waals surface area contributed by atoms with Gasteiger partial charge in [-0.3, -0.25) is 4.79 Å². The molecule has 2 N–H and O–H groups in total. The second kappa shape index (κ2) is 7.19. The summed E-state index contributed by atoms with van der Waals surface area (Å²) in [5.41, 5.74) is -0.127. The Kier molecular flexibility index (Phi) is 5.84. The van der Waals surface area contributed by atoms with Crippen molar-refractivity contribution in [2.24, 2.45) is 0 Å². The maximum absolute atomic E-state index is 13.3. The summed E-state index contributed by atoms with van der Waals surface area (Å²) in [7, 11) is 0. The van der Waals surface area contributed by atoms with E-state index in [0.717, 1.165) is 6.07 Å². The number of hydrogen-bond acceptors (Lipinski definition) is 2. The van der Waals surface area contributed by atoms with Gasteiger partial charge in [0.2, 0.25) is 5.91 Å². The highest BCUT2D eigenvalue weighted by atomic mass is 19.4. The van der Waals surface area contributed by atoms with Crippen LogP contribution in [0.4, 0.5) is 22.0 Å². The van der Waals surface area contributed by atoms with Crippen LogP contribution >= 0.6 is 0 Å². The summed E-state index contributed by atoms with van der Waals surface area (Å²) < 4.78 is 62.7. The highest BCUT2D eigenvalue weighted by Gasteiger charge is 2.36. The van der Waals surface area contributed by atoms with Gasteiger partial charge in [-0.2, -0.15) is 13.2 Å². The van der Waals surface area contributed by atoms with Crippen molar-refractivity contribution >= 4 is 11.9 Å². The lowest BCUT2D eigenvalue weighted by atomic mass is 10.1. The number of benzene rings is 1. The lowest BCUT2D eigenvalue weighted by Gasteiger charge is -2.16. The Balaban J connectivity index is 2.61. The van der Waals surface area contributed by atoms with E-state index >= 15 is 0 Å². The summed E-state index contributed by atoms with van der Waals surface area (Å²) in [4.78, 5) is 22.1. The summed E-state index contributed by atoms with van der Waals surface area (Å²) in [5.74, 6) is -5.10. The topological polar surface area (TPSA) is 66.4 Å². The molecule has 1 amide bonds. The molecule has 0 saturated carbocycles. The van der Waals surface area contributed by atoms with Crippen LogP contribution in [0.5, 0.6) is 0 Å². The largest absolute Gasteiger partial charge is 0.480 e. The number of aryl methyl sites for hydroxylation is 1. The molecule has 0 radical (unpaired) electrons. The smallest absolute Gasteiger partial charge is 0.391 e. The van der Waals surface area contributed by atoms with Crippen LogP contribution in [0.25, 0.3) is 0 Å². The molecule has 1 aromatic rings. The molecule has 122 valence electrons. The molecule has 1 atom stereocenters. The Bertz CT molecular complexity index is 559. The van der Waals surface area contributed by atoms with Crippen LogP contribution < -0.4 is 5.32 Å². The molecule has 0 aliphatic rings. The lowest BCUT2D eigenvalue weighted by molar-refractivity contribution is -0.160. The molecule has 0 heterocycles. The quantitative estimate of drug-likeness (QED) is 0.790. The number of amides is 1. The Morgan fingerprint density at radius 2 is 1.86 bits per heavy atom. The van der Waals surface area contributed by atoms with Crippen molar-refractivity contribution in [3.05, 3.63) is 35.4 Å². The van der Waals surface area contributed by atoms with Gasteiger partial charge in [0.25, 0.3) is 0 Å². The van der Waals surface area contributed by atoms with Gasteiger partial charge in [-0.05, 0) is 18.1 Å². The second-order valence-electron chi connectivity index (χ2n) is 4.49. The maximum Gasteiger partial charge on any atom is 0.391 e. The number of carbonyl (C=O) groups excluding carboxylic acids is 1. The van der Waals surface area contributed by atoms with Gasteiger partial charge in [0.05, 0.1) is 6.42 Å². The Morgan fingerprint density at radius 1 is 1.23 bits per heavy atom. The number of alkyl halides is 3. The van der Waals surface area contributed by atoms with Crippen molar-refractivity contribution in [2.45, 2.75) is 31.5 Å². The summed E-state index contributed by atoms with van der Waals surface area (Å²) >= 11 is 0. The summed E-state index contributed by atoms with van der Waals surface area (Å²) in [6, 6.07) is 1.19. The highest BCUT2D eigenvalue weighted by molar-refractivity contribution is 5.83. The summed E-state index contributed by atoms with van der Waals surface area (Å²) in [5, 5.41) is 10.3. The van der Waals surface area contributed by atoms with Crippen molar-refractivity contribution < 1.29 is 36.6 Å². The molecule has 1 unspecified atom stereocenters. The third-order valence-electron chi connectivity index (χ3n) is 2.72. The number of carboxylic acid groups (broad SMARTS) is 1. The zero-order valence-electron chi connectivity index (χ0n) is 11.1. The number of aliphatic carboxylic acids is 1. The van der Waals surface area contributed by atoms with E-state index in [9.17, 15) is 31.5 Å². The van der Waals surface area contributed by atoms with Crippen LogP contribution in [0, 0.1) is 11.6 Å². The van der Waals surface area contributed by atoms with Gasteiger partial charge in [-0.15, -0.1) is 0 Å². The fraction of sp³-hybridized carbons (Fsp3) is 0.385. The van der Waals surface area contributed by atoms with Crippen molar-refractivity contribution in [2.75, 3.05) is 0 Å². The average molecular weight is 325 g/mol. The number of carboxylic acids is 1. The average Bonchev–Trinajstić information content (AvgIpc) is 2.38. The van der Waals surface area contributed by atoms with Gasteiger partial charge in [0.1, 0.15) is 6.04 Å². The summed E-state index contributed by atoms with van der Waals surface area (Å²) in [6.07, 6.45) is -7.22. The summed E-state index contributed by atoms with van der Waals surface area (Å²) in [6.45, 7) is 0. The van der Waals surface area contributed by atoms with Crippen molar-refractivity contribution in [1.29, 1.82) is 0 Å². The normalized spacial score (nSPS) is 12.8. The Morgan fingerprint density at radius 3 is 2.41 bits per heavy atom. The monoisotopic (exact) mass is 325 g/mol. The maximum atomic E-state index is 13.3. The van der Waals surface area contributed by atoms with Gasteiger partial charge < -0.3 is 10.4 Å². The first-order valence-electron chi connectivity index (χ1n) is 6.12. The molecule has 0 spiro atoms. The first-order valence-corrected chi connectivity index (χ1v) is 6.12. The van der Waals surface area contributed by atoms with Crippen molar-refractivity contribution in [1.82, 2.24) is 5.32 Å². The van der Waals surface area contributed by atoms with Crippen LogP contribution in [0.3, 0.4) is 0 Å². The van der Waals surface area contributed by atoms with Gasteiger partial charge in [0.15, 0.2) is 11.6 Å². The third-order valence-corrected chi connectivity index (χ3v) is 2.72. The van der Waals surface area contributed by atoms with Gasteiger partial charge in [-0.25, -0.2) is 13.6 Å². The number of hydrogen-bond donors (Lipinski definition) is 2. The number of nitrogens with one attached hydrogen (secondary N) is 1. The molecule has 0 aliphatic carbocycles. The third kappa shape index (κ3) is 5.66. The molecule has 0 saturated heterocycles. The Labute approximate surface area is 121 Å². The SMILES string of the molecule is O=C(CCc1cccc(F)c1F)NC(CC(F)(F)F)C(=O)O. The van der Waals surface area contributed by atoms with Crippen LogP contribution in [0.2, 0.25) is 0 Å². The van der Waals surface area contributed by atoms with E-state index in [2.05, 4.69) is 0 Å². The van der Waals surface area contributed by atoms with E-state index in [1.807, 2.05) is 0 Å². The lowest BCUT2D eigenvalue weighted by Crippen LogP contribution is -2.43. The standard InChI is InChI=1S/C13H12F5NO3/c14-8-3-1-2-7(11(8)15)4-5-10(20)19-9(12(21)22)6-13(16,17)18/h1-3,9H,4-6H2,(H,19,20)(H,21,22). The minimum atomic E-state index is -4.76. The molecule has 22 heavy (non-hydrogen) atoms. The predicted molar refractivity (Wildman–Crippen MR) is 64.9 cm³/mol. The van der Waals surface area contributed by atoms with E-state index in [-0.39, 0.29) is 12.0 Å².